The zero-order valence-electron chi connectivity index (χ0n) is 13.2. The van der Waals surface area contributed by atoms with Crippen LogP contribution < -0.4 is 10.1 Å². The molecule has 0 aliphatic rings. The maximum atomic E-state index is 5.82. The van der Waals surface area contributed by atoms with Crippen molar-refractivity contribution in [2.45, 2.75) is 31.9 Å². The lowest BCUT2D eigenvalue weighted by molar-refractivity contribution is -0.0287. The van der Waals surface area contributed by atoms with E-state index >= 15 is 0 Å². The van der Waals surface area contributed by atoms with Crippen molar-refractivity contribution in [3.63, 3.8) is 0 Å². The van der Waals surface area contributed by atoms with Crippen LogP contribution in [0.15, 0.2) is 24.3 Å². The Morgan fingerprint density at radius 3 is 2.45 bits per heavy atom. The Labute approximate surface area is 122 Å². The first kappa shape index (κ1) is 17.0. The molecule has 114 valence electrons. The van der Waals surface area contributed by atoms with E-state index in [0.717, 1.165) is 17.7 Å². The van der Waals surface area contributed by atoms with Gasteiger partial charge in [-0.25, -0.2) is 0 Å². The molecule has 1 aromatic carbocycles. The number of methoxy groups -OCH3 is 2. The van der Waals surface area contributed by atoms with Gasteiger partial charge in [0.15, 0.2) is 0 Å². The highest BCUT2D eigenvalue weighted by molar-refractivity contribution is 5.37. The van der Waals surface area contributed by atoms with Crippen LogP contribution in [0, 0.1) is 0 Å². The number of rotatable bonds is 9. The molecule has 1 N–H and O–H groups in total. The summed E-state index contributed by atoms with van der Waals surface area (Å²) in [6.07, 6.45) is 0.904. The molecule has 1 aromatic rings. The van der Waals surface area contributed by atoms with E-state index in [1.54, 1.807) is 14.2 Å². The third-order valence-electron chi connectivity index (χ3n) is 3.84. The van der Waals surface area contributed by atoms with Gasteiger partial charge in [-0.1, -0.05) is 25.1 Å². The van der Waals surface area contributed by atoms with Gasteiger partial charge in [0.25, 0.3) is 0 Å². The van der Waals surface area contributed by atoms with Crippen molar-refractivity contribution in [1.29, 1.82) is 0 Å². The van der Waals surface area contributed by atoms with E-state index in [1.165, 1.54) is 0 Å². The molecule has 0 fully saturated rings. The van der Waals surface area contributed by atoms with Gasteiger partial charge in [-0.3, -0.25) is 0 Å². The number of para-hydroxylation sites is 1. The zero-order valence-corrected chi connectivity index (χ0v) is 13.2. The van der Waals surface area contributed by atoms with Crippen LogP contribution in [-0.2, 0) is 9.47 Å². The number of ether oxygens (including phenoxy) is 3. The van der Waals surface area contributed by atoms with E-state index in [4.69, 9.17) is 14.2 Å². The van der Waals surface area contributed by atoms with Crippen LogP contribution in [0.25, 0.3) is 0 Å². The molecule has 0 saturated carbocycles. The first-order chi connectivity index (χ1) is 9.62. The van der Waals surface area contributed by atoms with E-state index in [-0.39, 0.29) is 11.6 Å². The molecule has 0 heterocycles. The summed E-state index contributed by atoms with van der Waals surface area (Å²) in [5.74, 6) is 0.876. The Hall–Kier alpha value is -1.10. The molecule has 4 heteroatoms. The highest BCUT2D eigenvalue weighted by Crippen LogP contribution is 2.36. The molecule has 0 aliphatic heterocycles. The number of nitrogens with one attached hydrogen (secondary N) is 1. The fourth-order valence-corrected chi connectivity index (χ4v) is 2.34. The van der Waals surface area contributed by atoms with Crippen LogP contribution in [0.4, 0.5) is 0 Å². The predicted molar refractivity (Wildman–Crippen MR) is 81.3 cm³/mol. The molecular formula is C16H27NO3. The molecule has 20 heavy (non-hydrogen) atoms. The average Bonchev–Trinajstić information content (AvgIpc) is 2.49. The summed E-state index contributed by atoms with van der Waals surface area (Å²) in [6.45, 7) is 5.36. The highest BCUT2D eigenvalue weighted by atomic mass is 16.5. The normalized spacial score (nSPS) is 15.7. The molecule has 0 radical (unpaired) electrons. The Balaban J connectivity index is 3.02. The maximum absolute atomic E-state index is 5.82. The summed E-state index contributed by atoms with van der Waals surface area (Å²) >= 11 is 0. The molecule has 0 amide bonds. The lowest BCUT2D eigenvalue weighted by atomic mass is 9.87. The van der Waals surface area contributed by atoms with E-state index in [1.807, 2.05) is 25.2 Å². The molecule has 1 rings (SSSR count). The molecule has 0 aromatic heterocycles. The fourth-order valence-electron chi connectivity index (χ4n) is 2.34. The lowest BCUT2D eigenvalue weighted by Crippen LogP contribution is -2.41. The monoisotopic (exact) mass is 281 g/mol. The first-order valence-electron chi connectivity index (χ1n) is 7.06. The third-order valence-corrected chi connectivity index (χ3v) is 3.84. The predicted octanol–water partition coefficient (Wildman–Crippen LogP) is 2.79. The van der Waals surface area contributed by atoms with E-state index in [2.05, 4.69) is 25.2 Å². The molecule has 2 atom stereocenters. The first-order valence-corrected chi connectivity index (χ1v) is 7.06. The molecular weight excluding hydrogens is 254 g/mol. The minimum absolute atomic E-state index is 0.0660. The minimum Gasteiger partial charge on any atom is -0.491 e. The summed E-state index contributed by atoms with van der Waals surface area (Å²) in [7, 11) is 5.37. The van der Waals surface area contributed by atoms with Crippen molar-refractivity contribution in [2.24, 2.45) is 0 Å². The summed E-state index contributed by atoms with van der Waals surface area (Å²) < 4.78 is 16.6. The lowest BCUT2D eigenvalue weighted by Gasteiger charge is -2.36. The minimum atomic E-state index is -0.282. The van der Waals surface area contributed by atoms with Gasteiger partial charge in [-0.05, 0) is 26.5 Å². The van der Waals surface area contributed by atoms with Gasteiger partial charge in [0, 0.05) is 19.8 Å². The Morgan fingerprint density at radius 2 is 1.90 bits per heavy atom. The van der Waals surface area contributed by atoms with Crippen LogP contribution in [0.2, 0.25) is 0 Å². The second kappa shape index (κ2) is 8.25. The topological polar surface area (TPSA) is 39.7 Å². The van der Waals surface area contributed by atoms with Crippen LogP contribution in [0.1, 0.15) is 31.9 Å². The van der Waals surface area contributed by atoms with Gasteiger partial charge < -0.3 is 19.5 Å². The maximum Gasteiger partial charge on any atom is 0.124 e. The molecule has 0 spiro atoms. The molecule has 4 nitrogen and oxygen atoms in total. The summed E-state index contributed by atoms with van der Waals surface area (Å²) in [4.78, 5) is 0. The summed E-state index contributed by atoms with van der Waals surface area (Å²) in [6, 6.07) is 8.14. The van der Waals surface area contributed by atoms with Crippen molar-refractivity contribution in [3.8, 4) is 5.75 Å². The van der Waals surface area contributed by atoms with Gasteiger partial charge in [0.05, 0.1) is 18.2 Å². The van der Waals surface area contributed by atoms with Crippen LogP contribution in [0.5, 0.6) is 5.75 Å². The standard InChI is InChI=1S/C16H27NO3/c1-6-16(2,19-5)15(17-3)13-9-7-8-10-14(13)20-12-11-18-4/h7-10,15,17H,6,11-12H2,1-5H3. The molecule has 0 bridgehead atoms. The largest absolute Gasteiger partial charge is 0.491 e. The van der Waals surface area contributed by atoms with Gasteiger partial charge >= 0.3 is 0 Å². The highest BCUT2D eigenvalue weighted by Gasteiger charge is 2.34. The van der Waals surface area contributed by atoms with E-state index < -0.39 is 0 Å². The van der Waals surface area contributed by atoms with Crippen molar-refractivity contribution in [3.05, 3.63) is 29.8 Å². The van der Waals surface area contributed by atoms with E-state index in [9.17, 15) is 0 Å². The summed E-state index contributed by atoms with van der Waals surface area (Å²) in [5.41, 5.74) is 0.826. The zero-order chi connectivity index (χ0) is 15.0. The van der Waals surface area contributed by atoms with Gasteiger partial charge in [-0.15, -0.1) is 0 Å². The van der Waals surface area contributed by atoms with Crippen molar-refractivity contribution < 1.29 is 14.2 Å². The van der Waals surface area contributed by atoms with Crippen molar-refractivity contribution in [2.75, 3.05) is 34.5 Å². The van der Waals surface area contributed by atoms with Gasteiger partial charge in [0.2, 0.25) is 0 Å². The average molecular weight is 281 g/mol. The second-order valence-electron chi connectivity index (χ2n) is 4.97. The van der Waals surface area contributed by atoms with Crippen LogP contribution in [-0.4, -0.2) is 40.1 Å². The Kier molecular flexibility index (Phi) is 6.99. The Morgan fingerprint density at radius 1 is 1.20 bits per heavy atom. The van der Waals surface area contributed by atoms with Crippen molar-refractivity contribution in [1.82, 2.24) is 5.32 Å². The fraction of sp³-hybridized carbons (Fsp3) is 0.625. The van der Waals surface area contributed by atoms with Gasteiger partial charge in [0.1, 0.15) is 12.4 Å². The third kappa shape index (κ3) is 3.95. The molecule has 0 aliphatic carbocycles. The van der Waals surface area contributed by atoms with Crippen LogP contribution >= 0.6 is 0 Å². The summed E-state index contributed by atoms with van der Waals surface area (Å²) in [5, 5.41) is 3.36. The van der Waals surface area contributed by atoms with Crippen LogP contribution in [0.3, 0.4) is 0 Å². The van der Waals surface area contributed by atoms with E-state index in [0.29, 0.717) is 13.2 Å². The number of benzene rings is 1. The molecule has 2 unspecified atom stereocenters. The number of hydrogen-bond donors (Lipinski definition) is 1. The SMILES string of the molecule is CCC(C)(OC)C(NC)c1ccccc1OCCOC. The smallest absolute Gasteiger partial charge is 0.124 e. The quantitative estimate of drug-likeness (QED) is 0.707. The number of hydrogen-bond acceptors (Lipinski definition) is 4. The van der Waals surface area contributed by atoms with Crippen molar-refractivity contribution >= 4 is 0 Å². The Bertz CT molecular complexity index is 391. The number of likely N-dealkylation sites (N-methyl/N-ethyl adjacent to an activating group) is 1. The molecule has 0 saturated heterocycles. The van der Waals surface area contributed by atoms with Gasteiger partial charge in [-0.2, -0.15) is 0 Å². The second-order valence-corrected chi connectivity index (χ2v) is 4.97.